The Balaban J connectivity index is 1.40. The van der Waals surface area contributed by atoms with Crippen molar-refractivity contribution in [3.63, 3.8) is 0 Å². The molecule has 0 saturated heterocycles. The second kappa shape index (κ2) is 11.5. The third-order valence-electron chi connectivity index (χ3n) is 6.40. The summed E-state index contributed by atoms with van der Waals surface area (Å²) in [5.74, 6) is -0.804. The number of aryl methyl sites for hydroxylation is 1. The van der Waals surface area contributed by atoms with Crippen LogP contribution in [0, 0.1) is 18.6 Å². The Labute approximate surface area is 233 Å². The number of carbonyl (C=O) groups is 1. The highest BCUT2D eigenvalue weighted by Crippen LogP contribution is 2.35. The Morgan fingerprint density at radius 1 is 1.00 bits per heavy atom. The van der Waals surface area contributed by atoms with E-state index in [-0.39, 0.29) is 34.9 Å². The molecule has 0 unspecified atom stereocenters. The van der Waals surface area contributed by atoms with Gasteiger partial charge in [-0.25, -0.2) is 13.8 Å². The zero-order valence-electron chi connectivity index (χ0n) is 22.5. The molecule has 2 aromatic carbocycles. The summed E-state index contributed by atoms with van der Waals surface area (Å²) in [4.78, 5) is 38.0. The van der Waals surface area contributed by atoms with E-state index in [2.05, 4.69) is 15.0 Å². The number of halogens is 2. The highest BCUT2D eigenvalue weighted by atomic mass is 19.1. The van der Waals surface area contributed by atoms with Crippen molar-refractivity contribution in [2.24, 2.45) is 0 Å². The number of Topliss-reactive ketones (excluding diaryl/α,β-unsaturated/α-hetero) is 1. The summed E-state index contributed by atoms with van der Waals surface area (Å²) in [6, 6.07) is 12.8. The van der Waals surface area contributed by atoms with E-state index >= 15 is 4.39 Å². The van der Waals surface area contributed by atoms with Gasteiger partial charge in [-0.15, -0.1) is 0 Å². The molecule has 0 saturated carbocycles. The highest BCUT2D eigenvalue weighted by molar-refractivity contribution is 5.99. The normalized spacial score (nSPS) is 11.0. The molecule has 0 amide bonds. The molecule has 3 aromatic heterocycles. The molecule has 0 aliphatic heterocycles. The van der Waals surface area contributed by atoms with E-state index in [1.165, 1.54) is 55.9 Å². The zero-order valence-corrected chi connectivity index (χ0v) is 22.5. The number of methoxy groups -OCH3 is 1. The number of pyridine rings is 3. The van der Waals surface area contributed by atoms with Gasteiger partial charge in [0.25, 0.3) is 5.88 Å². The summed E-state index contributed by atoms with van der Waals surface area (Å²) in [5, 5.41) is 0. The van der Waals surface area contributed by atoms with E-state index in [1.807, 2.05) is 6.92 Å². The van der Waals surface area contributed by atoms with Gasteiger partial charge in [-0.05, 0) is 49.2 Å². The summed E-state index contributed by atoms with van der Waals surface area (Å²) in [5.41, 5.74) is 1.73. The average molecular weight is 558 g/mol. The van der Waals surface area contributed by atoms with Crippen LogP contribution in [0.2, 0.25) is 0 Å². The first-order chi connectivity index (χ1) is 19.8. The number of ketones is 1. The van der Waals surface area contributed by atoms with Crippen LogP contribution >= 0.6 is 0 Å². The smallest absolute Gasteiger partial charge is 0.257 e. The number of ether oxygens (including phenoxy) is 3. The van der Waals surface area contributed by atoms with E-state index in [4.69, 9.17) is 14.2 Å². The predicted molar refractivity (Wildman–Crippen MR) is 149 cm³/mol. The molecular weight excluding hydrogens is 532 g/mol. The predicted octanol–water partition coefficient (Wildman–Crippen LogP) is 6.20. The molecule has 0 atom stereocenters. The second-order valence-electron chi connectivity index (χ2n) is 9.11. The number of H-pyrrole nitrogens is 1. The summed E-state index contributed by atoms with van der Waals surface area (Å²) in [6.07, 6.45) is 2.77. The molecule has 5 rings (SSSR count). The molecule has 3 heterocycles. The van der Waals surface area contributed by atoms with Gasteiger partial charge in [0.1, 0.15) is 11.3 Å². The Hall–Kier alpha value is -5.12. The number of hydrogen-bond donors (Lipinski definition) is 1. The molecule has 0 aliphatic carbocycles. The number of carbonyl (C=O) groups excluding carboxylic acids is 1. The van der Waals surface area contributed by atoms with Crippen LogP contribution in [-0.4, -0.2) is 34.5 Å². The van der Waals surface area contributed by atoms with Crippen molar-refractivity contribution in [3.8, 4) is 34.3 Å². The van der Waals surface area contributed by atoms with E-state index in [0.29, 0.717) is 40.2 Å². The van der Waals surface area contributed by atoms with Gasteiger partial charge in [0.15, 0.2) is 34.3 Å². The first kappa shape index (κ1) is 27.4. The van der Waals surface area contributed by atoms with Crippen molar-refractivity contribution in [3.05, 3.63) is 106 Å². The third kappa shape index (κ3) is 5.62. The number of nitrogens with one attached hydrogen (secondary N) is 1. The fourth-order valence-electron chi connectivity index (χ4n) is 4.41. The lowest BCUT2D eigenvalue weighted by Gasteiger charge is -2.13. The topological polar surface area (TPSA) is 103 Å². The molecular formula is C31H25F2N3O5. The van der Waals surface area contributed by atoms with Crippen molar-refractivity contribution in [2.75, 3.05) is 13.7 Å². The minimum absolute atomic E-state index is 0.0394. The van der Waals surface area contributed by atoms with Crippen LogP contribution in [0.5, 0.6) is 23.1 Å². The molecule has 0 bridgehead atoms. The molecule has 10 heteroatoms. The fourth-order valence-corrected chi connectivity index (χ4v) is 4.41. The van der Waals surface area contributed by atoms with Gasteiger partial charge < -0.3 is 19.2 Å². The van der Waals surface area contributed by atoms with Crippen LogP contribution in [-0.2, 0) is 6.42 Å². The number of fused-ring (bicyclic) bond motifs is 1. The molecule has 0 fully saturated rings. The number of nitrogens with zero attached hydrogens (tertiary/aromatic N) is 2. The minimum Gasteiger partial charge on any atom is -0.491 e. The maximum Gasteiger partial charge on any atom is 0.257 e. The van der Waals surface area contributed by atoms with E-state index in [0.717, 1.165) is 0 Å². The Morgan fingerprint density at radius 2 is 1.78 bits per heavy atom. The fraction of sp³-hybridized carbons (Fsp3) is 0.161. The van der Waals surface area contributed by atoms with Crippen LogP contribution in [0.4, 0.5) is 8.78 Å². The lowest BCUT2D eigenvalue weighted by atomic mass is 9.97. The summed E-state index contributed by atoms with van der Waals surface area (Å²) >= 11 is 0. The van der Waals surface area contributed by atoms with Crippen molar-refractivity contribution < 1.29 is 27.8 Å². The Bertz CT molecular complexity index is 1820. The largest absolute Gasteiger partial charge is 0.491 e. The quantitative estimate of drug-likeness (QED) is 0.215. The van der Waals surface area contributed by atoms with Crippen molar-refractivity contribution in [2.45, 2.75) is 20.3 Å². The van der Waals surface area contributed by atoms with Gasteiger partial charge in [0, 0.05) is 42.2 Å². The Morgan fingerprint density at radius 3 is 2.49 bits per heavy atom. The Kier molecular flexibility index (Phi) is 7.73. The van der Waals surface area contributed by atoms with Crippen LogP contribution in [0.1, 0.15) is 28.5 Å². The second-order valence-corrected chi connectivity index (χ2v) is 9.11. The molecule has 1 N–H and O–H groups in total. The van der Waals surface area contributed by atoms with Gasteiger partial charge in [-0.2, -0.15) is 0 Å². The summed E-state index contributed by atoms with van der Waals surface area (Å²) < 4.78 is 45.2. The highest BCUT2D eigenvalue weighted by Gasteiger charge is 2.20. The zero-order chi connectivity index (χ0) is 29.1. The van der Waals surface area contributed by atoms with E-state index < -0.39 is 22.8 Å². The van der Waals surface area contributed by atoms with Crippen molar-refractivity contribution >= 4 is 16.8 Å². The van der Waals surface area contributed by atoms with Gasteiger partial charge in [-0.3, -0.25) is 14.6 Å². The number of aromatic nitrogens is 3. The molecule has 0 radical (unpaired) electrons. The molecule has 208 valence electrons. The maximum absolute atomic E-state index is 15.2. The minimum atomic E-state index is -0.704. The number of hydrogen-bond acceptors (Lipinski definition) is 7. The van der Waals surface area contributed by atoms with Crippen LogP contribution < -0.4 is 19.6 Å². The summed E-state index contributed by atoms with van der Waals surface area (Å²) in [7, 11) is 1.49. The van der Waals surface area contributed by atoms with Crippen molar-refractivity contribution in [1.82, 2.24) is 15.0 Å². The molecule has 41 heavy (non-hydrogen) atoms. The van der Waals surface area contributed by atoms with Gasteiger partial charge in [-0.1, -0.05) is 18.2 Å². The number of aromatic amines is 1. The molecule has 5 aromatic rings. The van der Waals surface area contributed by atoms with E-state index in [1.54, 1.807) is 25.1 Å². The number of benzene rings is 2. The SMILES string of the molecule is CCOc1nc2c(Oc3ccc(CC(=O)c4c(C)[nH]cc(-c5ccc(F)cc5)c4=O)cc3F)ccnc2cc1OC. The monoisotopic (exact) mass is 557 g/mol. The van der Waals surface area contributed by atoms with Crippen LogP contribution in [0.3, 0.4) is 0 Å². The van der Waals surface area contributed by atoms with Crippen LogP contribution in [0.25, 0.3) is 22.2 Å². The molecule has 0 spiro atoms. The first-order valence-corrected chi connectivity index (χ1v) is 12.7. The first-order valence-electron chi connectivity index (χ1n) is 12.7. The average Bonchev–Trinajstić information content (AvgIpc) is 2.95. The van der Waals surface area contributed by atoms with Crippen LogP contribution in [0.15, 0.2) is 71.8 Å². The standard InChI is InChI=1S/C31H25F2N3O5/c1-4-40-31-27(39-3)15-23-29(36-31)26(11-12-34-23)41-25-10-5-18(13-22(25)33)14-24(37)28-17(2)35-16-21(30(28)38)19-6-8-20(32)9-7-19/h5-13,15-16H,4,14H2,1-3H3,(H,35,38). The summed E-state index contributed by atoms with van der Waals surface area (Å²) in [6.45, 7) is 3.79. The van der Waals surface area contributed by atoms with Gasteiger partial charge in [0.2, 0.25) is 0 Å². The van der Waals surface area contributed by atoms with E-state index in [9.17, 15) is 14.0 Å². The van der Waals surface area contributed by atoms with Crippen molar-refractivity contribution in [1.29, 1.82) is 0 Å². The lowest BCUT2D eigenvalue weighted by molar-refractivity contribution is 0.0991. The molecule has 8 nitrogen and oxygen atoms in total. The van der Waals surface area contributed by atoms with Gasteiger partial charge in [0.05, 0.1) is 24.8 Å². The maximum atomic E-state index is 15.2. The van der Waals surface area contributed by atoms with Gasteiger partial charge >= 0.3 is 0 Å². The molecule has 0 aliphatic rings. The third-order valence-corrected chi connectivity index (χ3v) is 6.40. The number of rotatable bonds is 9. The lowest BCUT2D eigenvalue weighted by Crippen LogP contribution is -2.21.